The Morgan fingerprint density at radius 2 is 1.59 bits per heavy atom. The Kier molecular flexibility index (Phi) is 6.02. The van der Waals surface area contributed by atoms with E-state index in [9.17, 15) is 13.2 Å². The summed E-state index contributed by atoms with van der Waals surface area (Å²) in [5, 5.41) is 11.9. The topological polar surface area (TPSA) is 101 Å². The Morgan fingerprint density at radius 1 is 0.875 bits per heavy atom. The molecule has 9 heteroatoms. The molecule has 0 unspecified atom stereocenters. The summed E-state index contributed by atoms with van der Waals surface area (Å²) < 4.78 is 28.1. The first-order chi connectivity index (χ1) is 15.3. The second-order valence-electron chi connectivity index (χ2n) is 7.11. The van der Waals surface area contributed by atoms with E-state index < -0.39 is 15.9 Å². The van der Waals surface area contributed by atoms with E-state index in [0.717, 1.165) is 16.7 Å². The highest BCUT2D eigenvalue weighted by molar-refractivity contribution is 7.92. The fraction of sp³-hybridized carbons (Fsp3) is 0.0870. The van der Waals surface area contributed by atoms with Gasteiger partial charge in [-0.05, 0) is 55.3 Å². The molecule has 0 bridgehead atoms. The Morgan fingerprint density at radius 3 is 2.31 bits per heavy atom. The van der Waals surface area contributed by atoms with Crippen molar-refractivity contribution in [2.24, 2.45) is 0 Å². The maximum absolute atomic E-state index is 12.7. The lowest BCUT2D eigenvalue weighted by atomic mass is 10.1. The molecule has 0 atom stereocenters. The molecule has 4 rings (SSSR count). The predicted octanol–water partition coefficient (Wildman–Crippen LogP) is 4.88. The second kappa shape index (κ2) is 8.89. The van der Waals surface area contributed by atoms with E-state index in [1.54, 1.807) is 12.1 Å². The molecule has 2 N–H and O–H groups in total. The van der Waals surface area contributed by atoms with Gasteiger partial charge < -0.3 is 0 Å². The summed E-state index contributed by atoms with van der Waals surface area (Å²) >= 11 is 1.26. The van der Waals surface area contributed by atoms with Gasteiger partial charge in [0.1, 0.15) is 5.01 Å². The minimum Gasteiger partial charge on any atom is -0.296 e. The first-order valence-electron chi connectivity index (χ1n) is 9.73. The maximum atomic E-state index is 12.7. The van der Waals surface area contributed by atoms with Gasteiger partial charge in [0.2, 0.25) is 5.13 Å². The zero-order valence-corrected chi connectivity index (χ0v) is 19.0. The van der Waals surface area contributed by atoms with Gasteiger partial charge in [-0.15, -0.1) is 10.2 Å². The molecule has 32 heavy (non-hydrogen) atoms. The van der Waals surface area contributed by atoms with Gasteiger partial charge >= 0.3 is 0 Å². The van der Waals surface area contributed by atoms with Crippen LogP contribution in [0, 0.1) is 13.8 Å². The fourth-order valence-electron chi connectivity index (χ4n) is 2.99. The SMILES string of the molecule is Cc1cccc(NS(=O)(=O)c2ccc(C(=O)Nc3nnc(-c4ccccc4)s3)cc2)c1C. The van der Waals surface area contributed by atoms with Crippen molar-refractivity contribution in [1.29, 1.82) is 0 Å². The molecule has 7 nitrogen and oxygen atoms in total. The molecular weight excluding hydrogens is 444 g/mol. The average molecular weight is 465 g/mol. The number of sulfonamides is 1. The number of rotatable bonds is 6. The highest BCUT2D eigenvalue weighted by Gasteiger charge is 2.17. The van der Waals surface area contributed by atoms with Gasteiger partial charge in [-0.1, -0.05) is 53.8 Å². The molecule has 0 radical (unpaired) electrons. The molecule has 0 spiro atoms. The first-order valence-corrected chi connectivity index (χ1v) is 12.0. The number of aryl methyl sites for hydroxylation is 1. The third kappa shape index (κ3) is 4.68. The summed E-state index contributed by atoms with van der Waals surface area (Å²) in [5.41, 5.74) is 3.60. The minimum absolute atomic E-state index is 0.0669. The third-order valence-electron chi connectivity index (χ3n) is 4.94. The fourth-order valence-corrected chi connectivity index (χ4v) is 4.86. The van der Waals surface area contributed by atoms with E-state index >= 15 is 0 Å². The van der Waals surface area contributed by atoms with Crippen molar-refractivity contribution < 1.29 is 13.2 Å². The predicted molar refractivity (Wildman–Crippen MR) is 126 cm³/mol. The lowest BCUT2D eigenvalue weighted by Gasteiger charge is -2.12. The Hall–Kier alpha value is -3.56. The van der Waals surface area contributed by atoms with Gasteiger partial charge in [0, 0.05) is 11.1 Å². The van der Waals surface area contributed by atoms with E-state index in [1.807, 2.05) is 50.2 Å². The Balaban J connectivity index is 1.47. The van der Waals surface area contributed by atoms with Crippen LogP contribution in [0.1, 0.15) is 21.5 Å². The quantitative estimate of drug-likeness (QED) is 0.424. The molecule has 162 valence electrons. The zero-order valence-electron chi connectivity index (χ0n) is 17.4. The molecule has 0 aliphatic carbocycles. The number of benzene rings is 3. The van der Waals surface area contributed by atoms with Crippen molar-refractivity contribution in [3.63, 3.8) is 0 Å². The number of amides is 1. The molecule has 0 saturated heterocycles. The Labute approximate surface area is 190 Å². The van der Waals surface area contributed by atoms with Crippen molar-refractivity contribution in [2.45, 2.75) is 18.7 Å². The third-order valence-corrected chi connectivity index (χ3v) is 7.21. The van der Waals surface area contributed by atoms with Crippen molar-refractivity contribution in [3.8, 4) is 10.6 Å². The van der Waals surface area contributed by atoms with Gasteiger partial charge in [-0.25, -0.2) is 8.42 Å². The summed E-state index contributed by atoms with van der Waals surface area (Å²) in [7, 11) is -3.78. The smallest absolute Gasteiger partial charge is 0.261 e. The van der Waals surface area contributed by atoms with Gasteiger partial charge in [-0.2, -0.15) is 0 Å². The van der Waals surface area contributed by atoms with Crippen molar-refractivity contribution >= 4 is 38.1 Å². The molecular formula is C23H20N4O3S2. The summed E-state index contributed by atoms with van der Waals surface area (Å²) in [5.74, 6) is -0.396. The van der Waals surface area contributed by atoms with Crippen LogP contribution >= 0.6 is 11.3 Å². The van der Waals surface area contributed by atoms with Crippen LogP contribution in [-0.2, 0) is 10.0 Å². The molecule has 1 amide bonds. The summed E-state index contributed by atoms with van der Waals surface area (Å²) in [4.78, 5) is 12.6. The van der Waals surface area contributed by atoms with Crippen molar-refractivity contribution in [3.05, 3.63) is 89.5 Å². The number of carbonyl (C=O) groups excluding carboxylic acids is 1. The van der Waals surface area contributed by atoms with Crippen LogP contribution in [0.25, 0.3) is 10.6 Å². The molecule has 0 aliphatic rings. The second-order valence-corrected chi connectivity index (χ2v) is 9.77. The lowest BCUT2D eigenvalue weighted by molar-refractivity contribution is 0.102. The van der Waals surface area contributed by atoms with Gasteiger partial charge in [0.05, 0.1) is 10.6 Å². The molecule has 0 aliphatic heterocycles. The van der Waals surface area contributed by atoms with Crippen LogP contribution in [-0.4, -0.2) is 24.5 Å². The van der Waals surface area contributed by atoms with Crippen molar-refractivity contribution in [1.82, 2.24) is 10.2 Å². The van der Waals surface area contributed by atoms with E-state index in [2.05, 4.69) is 20.2 Å². The molecule has 4 aromatic rings. The molecule has 0 fully saturated rings. The number of carbonyl (C=O) groups is 1. The van der Waals surface area contributed by atoms with Crippen molar-refractivity contribution in [2.75, 3.05) is 10.0 Å². The van der Waals surface area contributed by atoms with Crippen LogP contribution in [0.5, 0.6) is 0 Å². The van der Waals surface area contributed by atoms with Crippen LogP contribution in [0.15, 0.2) is 77.7 Å². The van der Waals surface area contributed by atoms with Crippen LogP contribution in [0.2, 0.25) is 0 Å². The van der Waals surface area contributed by atoms with Gasteiger partial charge in [0.15, 0.2) is 0 Å². The number of aromatic nitrogens is 2. The summed E-state index contributed by atoms with van der Waals surface area (Å²) in [6.45, 7) is 3.78. The standard InChI is InChI=1S/C23H20N4O3S2/c1-15-7-6-10-20(16(15)2)27-32(29,30)19-13-11-17(12-14-19)21(28)24-23-26-25-22(31-23)18-8-4-3-5-9-18/h3-14,27H,1-2H3,(H,24,26,28). The molecule has 1 aromatic heterocycles. The number of nitrogens with zero attached hydrogens (tertiary/aromatic N) is 2. The highest BCUT2D eigenvalue weighted by atomic mass is 32.2. The first kappa shape index (κ1) is 21.7. The van der Waals surface area contributed by atoms with Crippen LogP contribution in [0.4, 0.5) is 10.8 Å². The largest absolute Gasteiger partial charge is 0.296 e. The van der Waals surface area contributed by atoms with E-state index in [1.165, 1.54) is 35.6 Å². The van der Waals surface area contributed by atoms with E-state index in [-0.39, 0.29) is 4.90 Å². The summed E-state index contributed by atoms with van der Waals surface area (Å²) in [6, 6.07) is 20.7. The Bertz CT molecular complexity index is 1370. The maximum Gasteiger partial charge on any atom is 0.261 e. The van der Waals surface area contributed by atoms with E-state index in [0.29, 0.717) is 21.4 Å². The molecule has 3 aromatic carbocycles. The van der Waals surface area contributed by atoms with Gasteiger partial charge in [-0.3, -0.25) is 14.8 Å². The molecule has 1 heterocycles. The zero-order chi connectivity index (χ0) is 22.7. The van der Waals surface area contributed by atoms with Gasteiger partial charge in [0.25, 0.3) is 15.9 Å². The number of hydrogen-bond donors (Lipinski definition) is 2. The van der Waals surface area contributed by atoms with Crippen LogP contribution < -0.4 is 10.0 Å². The van der Waals surface area contributed by atoms with Crippen LogP contribution in [0.3, 0.4) is 0 Å². The number of anilines is 2. The lowest BCUT2D eigenvalue weighted by Crippen LogP contribution is -2.15. The normalized spacial score (nSPS) is 11.2. The molecule has 0 saturated carbocycles. The monoisotopic (exact) mass is 464 g/mol. The highest BCUT2D eigenvalue weighted by Crippen LogP contribution is 2.26. The average Bonchev–Trinajstić information content (AvgIpc) is 3.26. The minimum atomic E-state index is -3.78. The summed E-state index contributed by atoms with van der Waals surface area (Å²) in [6.07, 6.45) is 0. The number of hydrogen-bond acceptors (Lipinski definition) is 6. The number of nitrogens with one attached hydrogen (secondary N) is 2. The van der Waals surface area contributed by atoms with E-state index in [4.69, 9.17) is 0 Å².